The first kappa shape index (κ1) is 16.7. The maximum absolute atomic E-state index is 8.85. The Labute approximate surface area is 148 Å². The van der Waals surface area contributed by atoms with Gasteiger partial charge in [-0.25, -0.2) is 4.99 Å². The molecule has 0 bridgehead atoms. The topological polar surface area (TPSA) is 51.8 Å². The summed E-state index contributed by atoms with van der Waals surface area (Å²) in [4.78, 5) is 11.0. The van der Waals surface area contributed by atoms with Crippen LogP contribution in [0.1, 0.15) is 25.0 Å². The summed E-state index contributed by atoms with van der Waals surface area (Å²) in [6.07, 6.45) is 5.62. The van der Waals surface area contributed by atoms with Crippen molar-refractivity contribution in [2.24, 2.45) is 9.98 Å². The van der Waals surface area contributed by atoms with Crippen LogP contribution in [0.4, 0.5) is 11.4 Å². The Balaban J connectivity index is 1.96. The van der Waals surface area contributed by atoms with E-state index in [1.807, 2.05) is 54.7 Å². The van der Waals surface area contributed by atoms with Gasteiger partial charge in [0.15, 0.2) is 0 Å². The first-order valence-electron chi connectivity index (χ1n) is 8.45. The van der Waals surface area contributed by atoms with E-state index in [1.165, 1.54) is 5.69 Å². The van der Waals surface area contributed by atoms with Crippen molar-refractivity contribution in [3.8, 4) is 6.19 Å². The highest BCUT2D eigenvalue weighted by atomic mass is 15.1. The van der Waals surface area contributed by atoms with Gasteiger partial charge in [0.25, 0.3) is 0 Å². The lowest BCUT2D eigenvalue weighted by atomic mass is 9.93. The van der Waals surface area contributed by atoms with Crippen molar-refractivity contribution in [2.75, 3.05) is 18.0 Å². The number of anilines is 1. The standard InChI is InChI=1S/C21H20N4/c1-3-25(4-2)17-11-9-16(10-12-17)24-21-14-13-20(23-15-22)18-7-5-6-8-19(18)21/h5-14H,3-4H2,1-2H3. The lowest BCUT2D eigenvalue weighted by Crippen LogP contribution is -2.21. The predicted octanol–water partition coefficient (Wildman–Crippen LogP) is 4.49. The Bertz CT molecular complexity index is 879. The molecule has 0 spiro atoms. The van der Waals surface area contributed by atoms with Gasteiger partial charge >= 0.3 is 0 Å². The van der Waals surface area contributed by atoms with E-state index < -0.39 is 0 Å². The van der Waals surface area contributed by atoms with Crippen LogP contribution < -0.4 is 4.90 Å². The monoisotopic (exact) mass is 328 g/mol. The highest BCUT2D eigenvalue weighted by Crippen LogP contribution is 2.24. The number of nitriles is 1. The number of aliphatic imine (C=N–C) groups is 2. The Morgan fingerprint density at radius 2 is 1.48 bits per heavy atom. The van der Waals surface area contributed by atoms with E-state index in [2.05, 4.69) is 35.9 Å². The van der Waals surface area contributed by atoms with Gasteiger partial charge in [0.2, 0.25) is 6.19 Å². The zero-order valence-corrected chi connectivity index (χ0v) is 14.5. The van der Waals surface area contributed by atoms with Crippen LogP contribution in [0.2, 0.25) is 0 Å². The molecule has 25 heavy (non-hydrogen) atoms. The number of rotatable bonds is 4. The molecular formula is C21H20N4. The number of fused-ring (bicyclic) bond motifs is 1. The molecule has 2 aromatic carbocycles. The lowest BCUT2D eigenvalue weighted by molar-refractivity contribution is 0.866. The molecule has 0 heterocycles. The van der Waals surface area contributed by atoms with Gasteiger partial charge in [-0.15, -0.1) is 0 Å². The molecule has 3 rings (SSSR count). The zero-order valence-electron chi connectivity index (χ0n) is 14.5. The van der Waals surface area contributed by atoms with E-state index in [0.29, 0.717) is 5.71 Å². The van der Waals surface area contributed by atoms with Gasteiger partial charge in [0.1, 0.15) is 0 Å². The molecule has 0 aromatic heterocycles. The highest BCUT2D eigenvalue weighted by Gasteiger charge is 2.15. The van der Waals surface area contributed by atoms with E-state index >= 15 is 0 Å². The van der Waals surface area contributed by atoms with Gasteiger partial charge in [-0.05, 0) is 50.3 Å². The van der Waals surface area contributed by atoms with Crippen LogP contribution in [0.15, 0.2) is 70.7 Å². The molecule has 2 aromatic rings. The van der Waals surface area contributed by atoms with Crippen molar-refractivity contribution in [2.45, 2.75) is 13.8 Å². The quantitative estimate of drug-likeness (QED) is 0.776. The van der Waals surface area contributed by atoms with Crippen LogP contribution in [-0.2, 0) is 0 Å². The van der Waals surface area contributed by atoms with Crippen LogP contribution in [0, 0.1) is 11.5 Å². The zero-order chi connectivity index (χ0) is 17.6. The first-order chi connectivity index (χ1) is 12.3. The third kappa shape index (κ3) is 3.51. The minimum Gasteiger partial charge on any atom is -0.372 e. The van der Waals surface area contributed by atoms with Crippen molar-refractivity contribution in [1.82, 2.24) is 0 Å². The van der Waals surface area contributed by atoms with Crippen molar-refractivity contribution in [1.29, 1.82) is 5.26 Å². The van der Waals surface area contributed by atoms with Crippen molar-refractivity contribution >= 4 is 22.8 Å². The van der Waals surface area contributed by atoms with Crippen LogP contribution in [0.25, 0.3) is 0 Å². The van der Waals surface area contributed by atoms with Crippen LogP contribution in [0.3, 0.4) is 0 Å². The summed E-state index contributed by atoms with van der Waals surface area (Å²) < 4.78 is 0. The average molecular weight is 328 g/mol. The minimum atomic E-state index is 0.675. The summed E-state index contributed by atoms with van der Waals surface area (Å²) >= 11 is 0. The molecule has 0 unspecified atom stereocenters. The fourth-order valence-electron chi connectivity index (χ4n) is 2.98. The van der Waals surface area contributed by atoms with E-state index in [9.17, 15) is 0 Å². The number of allylic oxidation sites excluding steroid dienone is 2. The van der Waals surface area contributed by atoms with Gasteiger partial charge in [-0.2, -0.15) is 10.3 Å². The molecular weight excluding hydrogens is 308 g/mol. The van der Waals surface area contributed by atoms with Gasteiger partial charge < -0.3 is 4.90 Å². The summed E-state index contributed by atoms with van der Waals surface area (Å²) in [5.74, 6) is 0. The lowest BCUT2D eigenvalue weighted by Gasteiger charge is -2.21. The summed E-state index contributed by atoms with van der Waals surface area (Å²) in [5, 5.41) is 8.85. The molecule has 0 radical (unpaired) electrons. The third-order valence-electron chi connectivity index (χ3n) is 4.28. The van der Waals surface area contributed by atoms with Gasteiger partial charge in [0.05, 0.1) is 17.1 Å². The summed E-state index contributed by atoms with van der Waals surface area (Å²) in [7, 11) is 0. The fourth-order valence-corrected chi connectivity index (χ4v) is 2.98. The van der Waals surface area contributed by atoms with Crippen LogP contribution in [-0.4, -0.2) is 24.5 Å². The van der Waals surface area contributed by atoms with Crippen LogP contribution in [0.5, 0.6) is 0 Å². The second kappa shape index (κ2) is 7.59. The predicted molar refractivity (Wildman–Crippen MR) is 104 cm³/mol. The van der Waals surface area contributed by atoms with Crippen molar-refractivity contribution in [3.05, 3.63) is 71.8 Å². The normalized spacial score (nSPS) is 15.9. The van der Waals surface area contributed by atoms with Gasteiger partial charge in [-0.1, -0.05) is 24.3 Å². The molecule has 0 saturated carbocycles. The molecule has 0 amide bonds. The largest absolute Gasteiger partial charge is 0.372 e. The smallest absolute Gasteiger partial charge is 0.206 e. The van der Waals surface area contributed by atoms with E-state index in [4.69, 9.17) is 10.3 Å². The molecule has 0 N–H and O–H groups in total. The fraction of sp³-hybridized carbons (Fsp3) is 0.190. The first-order valence-corrected chi connectivity index (χ1v) is 8.45. The van der Waals surface area contributed by atoms with E-state index in [-0.39, 0.29) is 0 Å². The summed E-state index contributed by atoms with van der Waals surface area (Å²) in [5.41, 5.74) is 5.59. The van der Waals surface area contributed by atoms with Crippen molar-refractivity contribution in [3.63, 3.8) is 0 Å². The Morgan fingerprint density at radius 3 is 2.08 bits per heavy atom. The number of hydrogen-bond donors (Lipinski definition) is 0. The molecule has 4 heteroatoms. The van der Waals surface area contributed by atoms with Crippen molar-refractivity contribution < 1.29 is 0 Å². The summed E-state index contributed by atoms with van der Waals surface area (Å²) in [6.45, 7) is 6.28. The Kier molecular flexibility index (Phi) is 5.06. The number of hydrogen-bond acceptors (Lipinski definition) is 4. The molecule has 1 aliphatic carbocycles. The molecule has 0 saturated heterocycles. The highest BCUT2D eigenvalue weighted by molar-refractivity contribution is 6.26. The summed E-state index contributed by atoms with van der Waals surface area (Å²) in [6, 6.07) is 16.2. The second-order valence-electron chi connectivity index (χ2n) is 5.66. The number of nitrogens with zero attached hydrogens (tertiary/aromatic N) is 4. The molecule has 0 aliphatic heterocycles. The van der Waals surface area contributed by atoms with Gasteiger partial charge in [-0.3, -0.25) is 0 Å². The molecule has 4 nitrogen and oxygen atoms in total. The minimum absolute atomic E-state index is 0.675. The Hall–Kier alpha value is -3.19. The Morgan fingerprint density at radius 1 is 0.880 bits per heavy atom. The average Bonchev–Trinajstić information content (AvgIpc) is 2.66. The number of benzene rings is 2. The maximum Gasteiger partial charge on any atom is 0.206 e. The maximum atomic E-state index is 8.85. The van der Waals surface area contributed by atoms with Gasteiger partial charge in [0, 0.05) is 29.9 Å². The molecule has 0 atom stereocenters. The van der Waals surface area contributed by atoms with E-state index in [1.54, 1.807) is 0 Å². The third-order valence-corrected chi connectivity index (χ3v) is 4.28. The second-order valence-corrected chi connectivity index (χ2v) is 5.66. The molecule has 0 fully saturated rings. The van der Waals surface area contributed by atoms with E-state index in [0.717, 1.165) is 35.6 Å². The molecule has 124 valence electrons. The SMILES string of the molecule is CCN(CC)c1ccc(N=C2C=CC(=NC#N)c3ccccc32)cc1. The van der Waals surface area contributed by atoms with Crippen LogP contribution >= 0.6 is 0 Å². The molecule has 1 aliphatic rings.